The molecule has 0 spiro atoms. The molecule has 1 atom stereocenters. The lowest BCUT2D eigenvalue weighted by atomic mass is 10.1. The highest BCUT2D eigenvalue weighted by Gasteiger charge is 2.05. The lowest BCUT2D eigenvalue weighted by Gasteiger charge is -2.10. The molecule has 0 fully saturated rings. The molecule has 2 nitrogen and oxygen atoms in total. The lowest BCUT2D eigenvalue weighted by molar-refractivity contribution is 0.167. The molecule has 0 aliphatic rings. The van der Waals surface area contributed by atoms with Crippen molar-refractivity contribution >= 4 is 15.9 Å². The molecule has 3 heteroatoms. The normalized spacial score (nSPS) is 12.8. The summed E-state index contributed by atoms with van der Waals surface area (Å²) in [6.07, 6.45) is 0.388. The first kappa shape index (κ1) is 10.7. The number of benzene rings is 1. The van der Waals surface area contributed by atoms with Crippen molar-refractivity contribution in [2.75, 3.05) is 13.6 Å². The number of hydrogen-bond acceptors (Lipinski definition) is 2. The number of hydrogen-bond donors (Lipinski definition) is 2. The summed E-state index contributed by atoms with van der Waals surface area (Å²) in [6.45, 7) is 0.831. The van der Waals surface area contributed by atoms with Crippen LogP contribution in [0.2, 0.25) is 0 Å². The van der Waals surface area contributed by atoms with Gasteiger partial charge in [-0.2, -0.15) is 0 Å². The Bertz CT molecular complexity index is 248. The second kappa shape index (κ2) is 5.37. The molecule has 0 saturated heterocycles. The van der Waals surface area contributed by atoms with Gasteiger partial charge in [-0.1, -0.05) is 28.1 Å². The molecule has 2 N–H and O–H groups in total. The molecule has 0 radical (unpaired) electrons. The Morgan fingerprint density at radius 1 is 1.38 bits per heavy atom. The maximum Gasteiger partial charge on any atom is 0.0802 e. The van der Waals surface area contributed by atoms with Gasteiger partial charge in [-0.05, 0) is 37.7 Å². The zero-order chi connectivity index (χ0) is 9.68. The predicted molar refractivity (Wildman–Crippen MR) is 57.6 cm³/mol. The Kier molecular flexibility index (Phi) is 4.42. The van der Waals surface area contributed by atoms with Crippen molar-refractivity contribution in [1.29, 1.82) is 0 Å². The lowest BCUT2D eigenvalue weighted by Crippen LogP contribution is -2.11. The van der Waals surface area contributed by atoms with Crippen LogP contribution < -0.4 is 5.32 Å². The summed E-state index contributed by atoms with van der Waals surface area (Å²) in [5.41, 5.74) is 0.971. The van der Waals surface area contributed by atoms with Crippen LogP contribution in [0, 0.1) is 0 Å². The average molecular weight is 244 g/mol. The van der Waals surface area contributed by atoms with Crippen LogP contribution in [0.1, 0.15) is 18.1 Å². The SMILES string of the molecule is CNCCC(O)c1ccc(Br)cc1. The predicted octanol–water partition coefficient (Wildman–Crippen LogP) is 2.09. The quantitative estimate of drug-likeness (QED) is 0.850. The molecular formula is C10H14BrNO. The topological polar surface area (TPSA) is 32.3 Å². The van der Waals surface area contributed by atoms with E-state index >= 15 is 0 Å². The maximum absolute atomic E-state index is 9.69. The zero-order valence-electron chi connectivity index (χ0n) is 7.63. The third-order valence-corrected chi connectivity index (χ3v) is 2.45. The minimum Gasteiger partial charge on any atom is -0.388 e. The molecule has 1 rings (SSSR count). The van der Waals surface area contributed by atoms with E-state index in [0.29, 0.717) is 0 Å². The Labute approximate surface area is 87.1 Å². The third kappa shape index (κ3) is 3.46. The van der Waals surface area contributed by atoms with Crippen molar-refractivity contribution in [3.05, 3.63) is 34.3 Å². The van der Waals surface area contributed by atoms with Crippen molar-refractivity contribution in [1.82, 2.24) is 5.32 Å². The highest BCUT2D eigenvalue weighted by atomic mass is 79.9. The van der Waals surface area contributed by atoms with Gasteiger partial charge in [-0.3, -0.25) is 0 Å². The summed E-state index contributed by atoms with van der Waals surface area (Å²) in [5.74, 6) is 0. The second-order valence-electron chi connectivity index (χ2n) is 2.96. The van der Waals surface area contributed by atoms with E-state index in [1.807, 2.05) is 31.3 Å². The van der Waals surface area contributed by atoms with Gasteiger partial charge in [0.15, 0.2) is 0 Å². The van der Waals surface area contributed by atoms with Crippen molar-refractivity contribution in [2.24, 2.45) is 0 Å². The van der Waals surface area contributed by atoms with E-state index in [1.165, 1.54) is 0 Å². The molecule has 13 heavy (non-hydrogen) atoms. The van der Waals surface area contributed by atoms with Gasteiger partial charge in [-0.25, -0.2) is 0 Å². The molecule has 72 valence electrons. The molecule has 0 aromatic heterocycles. The minimum absolute atomic E-state index is 0.361. The fourth-order valence-corrected chi connectivity index (χ4v) is 1.40. The van der Waals surface area contributed by atoms with E-state index in [1.54, 1.807) is 0 Å². The van der Waals surface area contributed by atoms with Gasteiger partial charge in [0.2, 0.25) is 0 Å². The van der Waals surface area contributed by atoms with Gasteiger partial charge in [0.1, 0.15) is 0 Å². The number of aliphatic hydroxyl groups is 1. The average Bonchev–Trinajstić information content (AvgIpc) is 2.15. The number of halogens is 1. The van der Waals surface area contributed by atoms with Crippen molar-refractivity contribution in [3.63, 3.8) is 0 Å². The Balaban J connectivity index is 2.55. The Morgan fingerprint density at radius 3 is 2.54 bits per heavy atom. The number of aliphatic hydroxyl groups excluding tert-OH is 1. The monoisotopic (exact) mass is 243 g/mol. The van der Waals surface area contributed by atoms with E-state index in [2.05, 4.69) is 21.2 Å². The zero-order valence-corrected chi connectivity index (χ0v) is 9.21. The fourth-order valence-electron chi connectivity index (χ4n) is 1.13. The van der Waals surface area contributed by atoms with E-state index in [9.17, 15) is 5.11 Å². The smallest absolute Gasteiger partial charge is 0.0802 e. The minimum atomic E-state index is -0.361. The second-order valence-corrected chi connectivity index (χ2v) is 3.88. The first-order chi connectivity index (χ1) is 6.24. The van der Waals surface area contributed by atoms with Gasteiger partial charge in [-0.15, -0.1) is 0 Å². The van der Waals surface area contributed by atoms with Crippen LogP contribution in [0.4, 0.5) is 0 Å². The highest BCUT2D eigenvalue weighted by molar-refractivity contribution is 9.10. The molecular weight excluding hydrogens is 230 g/mol. The van der Waals surface area contributed by atoms with E-state index < -0.39 is 0 Å². The van der Waals surface area contributed by atoms with Crippen LogP contribution in [-0.2, 0) is 0 Å². The molecule has 0 amide bonds. The van der Waals surface area contributed by atoms with Crippen LogP contribution in [0.5, 0.6) is 0 Å². The van der Waals surface area contributed by atoms with Gasteiger partial charge in [0.25, 0.3) is 0 Å². The Hall–Kier alpha value is -0.380. The molecule has 1 aromatic carbocycles. The first-order valence-corrected chi connectivity index (χ1v) is 5.11. The molecule has 1 unspecified atom stereocenters. The van der Waals surface area contributed by atoms with Crippen LogP contribution in [0.25, 0.3) is 0 Å². The van der Waals surface area contributed by atoms with E-state index in [0.717, 1.165) is 23.0 Å². The van der Waals surface area contributed by atoms with Crippen molar-refractivity contribution in [2.45, 2.75) is 12.5 Å². The van der Waals surface area contributed by atoms with Crippen molar-refractivity contribution < 1.29 is 5.11 Å². The molecule has 0 aliphatic carbocycles. The van der Waals surface area contributed by atoms with Gasteiger partial charge in [0.05, 0.1) is 6.10 Å². The largest absolute Gasteiger partial charge is 0.388 e. The summed E-state index contributed by atoms with van der Waals surface area (Å²) in [4.78, 5) is 0. The van der Waals surface area contributed by atoms with Gasteiger partial charge in [0, 0.05) is 4.47 Å². The summed E-state index contributed by atoms with van der Waals surface area (Å²) in [6, 6.07) is 7.75. The van der Waals surface area contributed by atoms with Gasteiger partial charge < -0.3 is 10.4 Å². The van der Waals surface area contributed by atoms with Crippen LogP contribution in [-0.4, -0.2) is 18.7 Å². The number of rotatable bonds is 4. The molecule has 0 saturated carbocycles. The van der Waals surface area contributed by atoms with Crippen LogP contribution in [0.3, 0.4) is 0 Å². The van der Waals surface area contributed by atoms with Crippen LogP contribution >= 0.6 is 15.9 Å². The summed E-state index contributed by atoms with van der Waals surface area (Å²) < 4.78 is 1.04. The van der Waals surface area contributed by atoms with Gasteiger partial charge >= 0.3 is 0 Å². The number of nitrogens with one attached hydrogen (secondary N) is 1. The summed E-state index contributed by atoms with van der Waals surface area (Å²) in [7, 11) is 1.88. The molecule has 1 aromatic rings. The maximum atomic E-state index is 9.69. The summed E-state index contributed by atoms with van der Waals surface area (Å²) in [5, 5.41) is 12.7. The standard InChI is InChI=1S/C10H14BrNO/c1-12-7-6-10(13)8-2-4-9(11)5-3-8/h2-5,10,12-13H,6-7H2,1H3. The fraction of sp³-hybridized carbons (Fsp3) is 0.400. The molecule has 0 bridgehead atoms. The van der Waals surface area contributed by atoms with Crippen molar-refractivity contribution in [3.8, 4) is 0 Å². The van der Waals surface area contributed by atoms with E-state index in [-0.39, 0.29) is 6.10 Å². The Morgan fingerprint density at radius 2 is 2.00 bits per heavy atom. The molecule has 0 aliphatic heterocycles. The first-order valence-electron chi connectivity index (χ1n) is 4.32. The van der Waals surface area contributed by atoms with Crippen LogP contribution in [0.15, 0.2) is 28.7 Å². The summed E-state index contributed by atoms with van der Waals surface area (Å²) >= 11 is 3.35. The highest BCUT2D eigenvalue weighted by Crippen LogP contribution is 2.18. The van der Waals surface area contributed by atoms with E-state index in [4.69, 9.17) is 0 Å². The molecule has 0 heterocycles. The third-order valence-electron chi connectivity index (χ3n) is 1.92.